The van der Waals surface area contributed by atoms with Gasteiger partial charge in [-0.2, -0.15) is 5.10 Å². The van der Waals surface area contributed by atoms with Gasteiger partial charge in [0.25, 0.3) is 5.91 Å². The Hall–Kier alpha value is -7.89. The van der Waals surface area contributed by atoms with Crippen LogP contribution in [0.3, 0.4) is 0 Å². The standard InChI is InChI=1S/C69H80N12O7S3/c1-42(46-19-21-48(22-20-46)62-43(2)70-41-89-62)73-66(85)59-35-51(82)39-80(59)67(86)63(69(4,5)6)76-64(83)49-30-32-78(33-31-49)50-23-25-52(26-24-50)91(87,88)72-37-58-53(55-36-71-81(44(55)3)38-45-13-8-7-9-14-45)27-28-61(74-58)79-34-29-47-15-12-16-54(56(47)40-79)65(84)77-68-75-57-17-10-11-18-60(57)90-68/h10-12,15-28,36,41-42,45,49,51,59,63,72,82H,7-9,13-14,29-35,37-40H2,1-6H3,(H,73,85)(H,76,83)(H,75,77,84)/t42-,51+,59-,63+/m0/s1. The van der Waals surface area contributed by atoms with Gasteiger partial charge in [0.15, 0.2) is 5.13 Å². The van der Waals surface area contributed by atoms with Gasteiger partial charge in [0.2, 0.25) is 27.7 Å². The number of fused-ring (bicyclic) bond motifs is 2. The van der Waals surface area contributed by atoms with Crippen molar-refractivity contribution in [2.24, 2.45) is 17.3 Å². The zero-order valence-corrected chi connectivity index (χ0v) is 54.9. The first-order chi connectivity index (χ1) is 43.7. The number of benzene rings is 4. The van der Waals surface area contributed by atoms with Crippen molar-refractivity contribution in [3.63, 3.8) is 0 Å². The van der Waals surface area contributed by atoms with Gasteiger partial charge in [-0.1, -0.05) is 99.9 Å². The average molecular weight is 1290 g/mol. The highest BCUT2D eigenvalue weighted by atomic mass is 32.2. The summed E-state index contributed by atoms with van der Waals surface area (Å²) in [6.07, 6.45) is 8.78. The van der Waals surface area contributed by atoms with E-state index in [4.69, 9.17) is 10.1 Å². The van der Waals surface area contributed by atoms with Crippen LogP contribution in [0.15, 0.2) is 120 Å². The first-order valence-corrected chi connectivity index (χ1v) is 34.9. The molecule has 4 atom stereocenters. The molecule has 8 aromatic rings. The summed E-state index contributed by atoms with van der Waals surface area (Å²) in [6.45, 7) is 14.4. The number of aliphatic hydroxyl groups excluding tert-OH is 1. The molecular weight excluding hydrogens is 1210 g/mol. The second kappa shape index (κ2) is 26.7. The van der Waals surface area contributed by atoms with Crippen LogP contribution in [-0.2, 0) is 50.5 Å². The van der Waals surface area contributed by atoms with Crippen LogP contribution in [0, 0.1) is 31.1 Å². The maximum atomic E-state index is 14.5. The van der Waals surface area contributed by atoms with Crippen molar-refractivity contribution in [3.8, 4) is 21.6 Å². The van der Waals surface area contributed by atoms with Gasteiger partial charge in [0.05, 0.1) is 61.8 Å². The molecular formula is C69H80N12O7S3. The largest absolute Gasteiger partial charge is 0.391 e. The Morgan fingerprint density at radius 1 is 0.802 bits per heavy atom. The third-order valence-corrected chi connectivity index (χ3v) is 22.1. The lowest BCUT2D eigenvalue weighted by Gasteiger charge is -2.38. The third kappa shape index (κ3) is 14.0. The zero-order chi connectivity index (χ0) is 63.7. The van der Waals surface area contributed by atoms with E-state index >= 15 is 0 Å². The fourth-order valence-corrected chi connectivity index (χ4v) is 16.1. The summed E-state index contributed by atoms with van der Waals surface area (Å²) in [6, 6.07) is 30.1. The fourth-order valence-electron chi connectivity index (χ4n) is 13.4. The van der Waals surface area contributed by atoms with E-state index in [2.05, 4.69) is 58.1 Å². The lowest BCUT2D eigenvalue weighted by atomic mass is 9.84. The lowest BCUT2D eigenvalue weighted by molar-refractivity contribution is -0.144. The maximum absolute atomic E-state index is 14.5. The number of aromatic nitrogens is 5. The lowest BCUT2D eigenvalue weighted by Crippen LogP contribution is -2.59. The monoisotopic (exact) mass is 1280 g/mol. The van der Waals surface area contributed by atoms with Crippen LogP contribution >= 0.6 is 22.7 Å². The molecule has 2 saturated heterocycles. The topological polar surface area (TPSA) is 237 Å². The Balaban J connectivity index is 0.692. The van der Waals surface area contributed by atoms with E-state index in [1.807, 2.05) is 119 Å². The van der Waals surface area contributed by atoms with Crippen molar-refractivity contribution in [2.75, 3.05) is 41.3 Å². The number of amides is 4. The van der Waals surface area contributed by atoms with Gasteiger partial charge in [-0.05, 0) is 141 Å². The summed E-state index contributed by atoms with van der Waals surface area (Å²) in [5, 5.41) is 25.4. The minimum absolute atomic E-state index is 0.0290. The van der Waals surface area contributed by atoms with E-state index in [1.54, 1.807) is 35.6 Å². The highest BCUT2D eigenvalue weighted by Gasteiger charge is 2.45. The SMILES string of the molecule is Cc1ncsc1-c1ccc([C@H](C)NC(=O)[C@@H]2C[C@@H](O)CN2C(=O)[C@@H](NC(=O)C2CCN(c3ccc(S(=O)(=O)NCc4nc(N5CCc6cccc(C(=O)Nc7nc8ccccc8s7)c6C5)ccc4-c4cnn(CC5CCCCC5)c4C)cc3)CC2)C(C)(C)C)cc1. The number of hydrogen-bond donors (Lipinski definition) is 5. The number of para-hydroxylation sites is 1. The molecule has 19 nitrogen and oxygen atoms in total. The summed E-state index contributed by atoms with van der Waals surface area (Å²) in [7, 11) is -4.06. The number of aliphatic hydroxyl groups is 1. The molecule has 7 heterocycles. The van der Waals surface area contributed by atoms with Gasteiger partial charge in [-0.15, -0.1) is 11.3 Å². The van der Waals surface area contributed by atoms with Crippen molar-refractivity contribution in [2.45, 2.75) is 148 Å². The van der Waals surface area contributed by atoms with E-state index in [-0.39, 0.29) is 48.2 Å². The van der Waals surface area contributed by atoms with Crippen molar-refractivity contribution >= 4 is 83.2 Å². The van der Waals surface area contributed by atoms with E-state index in [0.717, 1.165) is 72.1 Å². The number of anilines is 3. The predicted molar refractivity (Wildman–Crippen MR) is 357 cm³/mol. The molecule has 0 spiro atoms. The normalized spacial score (nSPS) is 18.3. The fraction of sp³-hybridized carbons (Fsp3) is 0.420. The number of likely N-dealkylation sites (tertiary alicyclic amines) is 1. The molecule has 4 amide bonds. The molecule has 12 rings (SSSR count). The Bertz CT molecular complexity index is 4060. The first-order valence-electron chi connectivity index (χ1n) is 31.7. The molecule has 91 heavy (non-hydrogen) atoms. The van der Waals surface area contributed by atoms with E-state index < -0.39 is 45.5 Å². The van der Waals surface area contributed by atoms with Crippen molar-refractivity contribution in [1.82, 2.24) is 45.0 Å². The molecule has 4 aliphatic rings. The molecule has 5 N–H and O–H groups in total. The molecule has 3 fully saturated rings. The van der Waals surface area contributed by atoms with Crippen LogP contribution in [0.4, 0.5) is 16.6 Å². The van der Waals surface area contributed by atoms with Crippen LogP contribution in [-0.4, -0.2) is 111 Å². The molecule has 1 aliphatic carbocycles. The number of aryl methyl sites for hydroxylation is 1. The number of thiazole rings is 2. The summed E-state index contributed by atoms with van der Waals surface area (Å²) < 4.78 is 34.6. The van der Waals surface area contributed by atoms with Gasteiger partial charge in [0, 0.05) is 79.7 Å². The second-order valence-corrected chi connectivity index (χ2v) is 29.6. The van der Waals surface area contributed by atoms with Crippen LogP contribution < -0.4 is 30.5 Å². The highest BCUT2D eigenvalue weighted by Crippen LogP contribution is 2.36. The van der Waals surface area contributed by atoms with Crippen molar-refractivity contribution in [1.29, 1.82) is 0 Å². The van der Waals surface area contributed by atoms with Crippen molar-refractivity contribution in [3.05, 3.63) is 154 Å². The van der Waals surface area contributed by atoms with E-state index in [9.17, 15) is 32.7 Å². The van der Waals surface area contributed by atoms with Crippen molar-refractivity contribution < 1.29 is 32.7 Å². The Kier molecular flexibility index (Phi) is 18.6. The summed E-state index contributed by atoms with van der Waals surface area (Å²) in [4.78, 5) is 77.7. The van der Waals surface area contributed by atoms with Crippen LogP contribution in [0.5, 0.6) is 0 Å². The molecule has 3 aliphatic heterocycles. The minimum atomic E-state index is -4.06. The first kappa shape index (κ1) is 63.3. The van der Waals surface area contributed by atoms with Crippen LogP contribution in [0.25, 0.3) is 31.8 Å². The number of piperidine rings is 1. The van der Waals surface area contributed by atoms with Gasteiger partial charge in [-0.25, -0.2) is 28.1 Å². The molecule has 476 valence electrons. The molecule has 0 unspecified atom stereocenters. The molecule has 1 saturated carbocycles. The molecule has 0 radical (unpaired) electrons. The predicted octanol–water partition coefficient (Wildman–Crippen LogP) is 10.8. The second-order valence-electron chi connectivity index (χ2n) is 26.0. The molecule has 0 bridgehead atoms. The quantitative estimate of drug-likeness (QED) is 0.0538. The number of pyridine rings is 1. The summed E-state index contributed by atoms with van der Waals surface area (Å²) in [5.74, 6) is -0.460. The van der Waals surface area contributed by atoms with E-state index in [1.165, 1.54) is 48.3 Å². The van der Waals surface area contributed by atoms with Gasteiger partial charge >= 0.3 is 0 Å². The van der Waals surface area contributed by atoms with Crippen LogP contribution in [0.1, 0.15) is 129 Å². The highest BCUT2D eigenvalue weighted by molar-refractivity contribution is 7.89. The smallest absolute Gasteiger partial charge is 0.257 e. The number of nitrogens with one attached hydrogen (secondary N) is 4. The maximum Gasteiger partial charge on any atom is 0.257 e. The van der Waals surface area contributed by atoms with Crippen LogP contribution in [0.2, 0.25) is 0 Å². The number of β-amino-alcohol motifs (C(OH)–C–C–N with tert-alkyl or cyclic N) is 1. The minimum Gasteiger partial charge on any atom is -0.391 e. The van der Waals surface area contributed by atoms with E-state index in [0.29, 0.717) is 73.6 Å². The Labute approximate surface area is 540 Å². The summed E-state index contributed by atoms with van der Waals surface area (Å²) in [5.41, 5.74) is 11.4. The number of hydrogen-bond acceptors (Lipinski definition) is 15. The Morgan fingerprint density at radius 3 is 2.29 bits per heavy atom. The number of rotatable bonds is 18. The van der Waals surface area contributed by atoms with Gasteiger partial charge in [-0.3, -0.25) is 29.2 Å². The zero-order valence-electron chi connectivity index (χ0n) is 52.4. The molecule has 4 aromatic carbocycles. The Morgan fingerprint density at radius 2 is 1.56 bits per heavy atom. The number of nitrogens with zero attached hydrogens (tertiary/aromatic N) is 8. The number of sulfonamides is 1. The number of carbonyl (C=O) groups excluding carboxylic acids is 4. The number of carbonyl (C=O) groups is 4. The summed E-state index contributed by atoms with van der Waals surface area (Å²) >= 11 is 3.00. The molecule has 22 heteroatoms. The van der Waals surface area contributed by atoms with Gasteiger partial charge < -0.3 is 30.4 Å². The van der Waals surface area contributed by atoms with Gasteiger partial charge in [0.1, 0.15) is 17.9 Å². The third-order valence-electron chi connectivity index (χ3n) is 18.7. The average Bonchev–Trinajstić information content (AvgIpc) is 1.49. The molecule has 4 aromatic heterocycles.